The normalized spacial score (nSPS) is 19.4. The number of ether oxygens (including phenoxy) is 1. The number of rotatable bonds is 5. The van der Waals surface area contributed by atoms with Gasteiger partial charge in [-0.3, -0.25) is 4.79 Å². The van der Waals surface area contributed by atoms with E-state index in [1.165, 1.54) is 29.6 Å². The van der Waals surface area contributed by atoms with Crippen LogP contribution < -0.4 is 0 Å². The summed E-state index contributed by atoms with van der Waals surface area (Å²) in [5, 5.41) is 1.95. The summed E-state index contributed by atoms with van der Waals surface area (Å²) in [5.41, 5.74) is 5.68. The van der Waals surface area contributed by atoms with Gasteiger partial charge in [-0.2, -0.15) is 0 Å². The maximum Gasteiger partial charge on any atom is 0.314 e. The van der Waals surface area contributed by atoms with Crippen LogP contribution in [-0.4, -0.2) is 42.6 Å². The van der Waals surface area contributed by atoms with Crippen molar-refractivity contribution in [2.45, 2.75) is 30.6 Å². The van der Waals surface area contributed by atoms with Gasteiger partial charge in [0.2, 0.25) is 0 Å². The second-order valence-corrected chi connectivity index (χ2v) is 7.91. The number of nitrogens with zero attached hydrogens (tertiary/aromatic N) is 2. The number of carbonyl (C=O) groups excluding carboxylic acids is 1. The lowest BCUT2D eigenvalue weighted by atomic mass is 9.74. The second kappa shape index (κ2) is 7.33. The zero-order chi connectivity index (χ0) is 18.0. The molecule has 0 bridgehead atoms. The molecule has 1 aliphatic heterocycles. The van der Waals surface area contributed by atoms with E-state index in [0.29, 0.717) is 0 Å². The first-order valence-electron chi connectivity index (χ1n) is 9.19. The lowest BCUT2D eigenvalue weighted by molar-refractivity contribution is -0.142. The SMILES string of the molecule is COC(=O)C(CCN1CCC2(C=Cc3ccccc32)CC1)c1cscn1. The van der Waals surface area contributed by atoms with Gasteiger partial charge in [0, 0.05) is 10.8 Å². The molecular formula is C21H24N2O2S. The van der Waals surface area contributed by atoms with Crippen molar-refractivity contribution in [3.05, 3.63) is 58.1 Å². The Kier molecular flexibility index (Phi) is 4.92. The molecule has 2 aliphatic rings. The lowest BCUT2D eigenvalue weighted by Crippen LogP contribution is -2.41. The van der Waals surface area contributed by atoms with Crippen molar-refractivity contribution < 1.29 is 9.53 Å². The first-order chi connectivity index (χ1) is 12.7. The van der Waals surface area contributed by atoms with Gasteiger partial charge < -0.3 is 9.64 Å². The minimum Gasteiger partial charge on any atom is -0.469 e. The van der Waals surface area contributed by atoms with Crippen molar-refractivity contribution in [3.8, 4) is 0 Å². The summed E-state index contributed by atoms with van der Waals surface area (Å²) in [7, 11) is 1.45. The highest BCUT2D eigenvalue weighted by atomic mass is 32.1. The highest BCUT2D eigenvalue weighted by molar-refractivity contribution is 7.07. The summed E-state index contributed by atoms with van der Waals surface area (Å²) < 4.78 is 4.99. The molecule has 26 heavy (non-hydrogen) atoms. The van der Waals surface area contributed by atoms with Crippen LogP contribution in [0, 0.1) is 0 Å². The van der Waals surface area contributed by atoms with Crippen LogP contribution >= 0.6 is 11.3 Å². The maximum atomic E-state index is 12.1. The molecule has 0 N–H and O–H groups in total. The van der Waals surface area contributed by atoms with Gasteiger partial charge in [0.05, 0.1) is 18.3 Å². The molecule has 4 rings (SSSR count). The van der Waals surface area contributed by atoms with Crippen LogP contribution in [0.4, 0.5) is 0 Å². The molecule has 1 saturated heterocycles. The van der Waals surface area contributed by atoms with Gasteiger partial charge in [0.25, 0.3) is 0 Å². The number of hydrogen-bond donors (Lipinski definition) is 0. The number of allylic oxidation sites excluding steroid dienone is 1. The third-order valence-electron chi connectivity index (χ3n) is 5.86. The van der Waals surface area contributed by atoms with E-state index in [-0.39, 0.29) is 17.3 Å². The highest BCUT2D eigenvalue weighted by Gasteiger charge is 2.38. The Morgan fingerprint density at radius 3 is 2.88 bits per heavy atom. The molecule has 1 aromatic carbocycles. The van der Waals surface area contributed by atoms with Crippen LogP contribution in [0.2, 0.25) is 0 Å². The molecular weight excluding hydrogens is 344 g/mol. The molecule has 0 radical (unpaired) electrons. The fourth-order valence-corrected chi connectivity index (χ4v) is 4.89. The molecule has 136 valence electrons. The van der Waals surface area contributed by atoms with Crippen LogP contribution in [-0.2, 0) is 14.9 Å². The van der Waals surface area contributed by atoms with Crippen molar-refractivity contribution in [1.82, 2.24) is 9.88 Å². The van der Waals surface area contributed by atoms with Gasteiger partial charge in [-0.15, -0.1) is 11.3 Å². The Balaban J connectivity index is 1.37. The van der Waals surface area contributed by atoms with E-state index < -0.39 is 0 Å². The van der Waals surface area contributed by atoms with E-state index in [2.05, 4.69) is 46.3 Å². The molecule has 5 heteroatoms. The summed E-state index contributed by atoms with van der Waals surface area (Å²) in [6, 6.07) is 8.75. The van der Waals surface area contributed by atoms with Gasteiger partial charge in [0.1, 0.15) is 5.92 Å². The maximum absolute atomic E-state index is 12.1. The van der Waals surface area contributed by atoms with Crippen molar-refractivity contribution >= 4 is 23.4 Å². The average molecular weight is 369 g/mol. The number of likely N-dealkylation sites (tertiary alicyclic amines) is 1. The Morgan fingerprint density at radius 2 is 2.15 bits per heavy atom. The van der Waals surface area contributed by atoms with E-state index in [1.54, 1.807) is 5.51 Å². The minimum atomic E-state index is -0.255. The summed E-state index contributed by atoms with van der Waals surface area (Å²) in [4.78, 5) is 18.9. The van der Waals surface area contributed by atoms with E-state index in [9.17, 15) is 4.79 Å². The van der Waals surface area contributed by atoms with Gasteiger partial charge in [0.15, 0.2) is 0 Å². The van der Waals surface area contributed by atoms with Crippen LogP contribution in [0.5, 0.6) is 0 Å². The third-order valence-corrected chi connectivity index (χ3v) is 6.46. The molecule has 2 heterocycles. The number of carbonyl (C=O) groups is 1. The largest absolute Gasteiger partial charge is 0.469 e. The fraction of sp³-hybridized carbons (Fsp3) is 0.429. The molecule has 0 saturated carbocycles. The number of benzene rings is 1. The summed E-state index contributed by atoms with van der Waals surface area (Å²) in [5.74, 6) is -0.439. The van der Waals surface area contributed by atoms with E-state index in [4.69, 9.17) is 4.74 Å². The summed E-state index contributed by atoms with van der Waals surface area (Å²) in [6.45, 7) is 3.02. The Hall–Kier alpha value is -1.98. The Morgan fingerprint density at radius 1 is 1.35 bits per heavy atom. The smallest absolute Gasteiger partial charge is 0.314 e. The van der Waals surface area contributed by atoms with Crippen molar-refractivity contribution in [2.24, 2.45) is 0 Å². The van der Waals surface area contributed by atoms with Crippen LogP contribution in [0.15, 0.2) is 41.2 Å². The van der Waals surface area contributed by atoms with Gasteiger partial charge in [-0.1, -0.05) is 36.4 Å². The predicted molar refractivity (Wildman–Crippen MR) is 104 cm³/mol. The third kappa shape index (κ3) is 3.21. The Labute approximate surface area is 158 Å². The van der Waals surface area contributed by atoms with E-state index in [1.807, 2.05) is 5.38 Å². The van der Waals surface area contributed by atoms with Gasteiger partial charge >= 0.3 is 5.97 Å². The zero-order valence-electron chi connectivity index (χ0n) is 15.1. The lowest BCUT2D eigenvalue weighted by Gasteiger charge is -2.39. The molecule has 1 aromatic heterocycles. The predicted octanol–water partition coefficient (Wildman–Crippen LogP) is 3.85. The number of aromatic nitrogens is 1. The van der Waals surface area contributed by atoms with Crippen LogP contribution in [0.25, 0.3) is 6.08 Å². The van der Waals surface area contributed by atoms with Crippen LogP contribution in [0.1, 0.15) is 42.0 Å². The number of thiazole rings is 1. The number of fused-ring (bicyclic) bond motifs is 2. The van der Waals surface area contributed by atoms with Crippen molar-refractivity contribution in [2.75, 3.05) is 26.7 Å². The summed E-state index contributed by atoms with van der Waals surface area (Å²) in [6.07, 6.45) is 7.72. The van der Waals surface area contributed by atoms with Gasteiger partial charge in [-0.25, -0.2) is 4.98 Å². The zero-order valence-corrected chi connectivity index (χ0v) is 15.9. The van der Waals surface area contributed by atoms with Crippen molar-refractivity contribution in [1.29, 1.82) is 0 Å². The first-order valence-corrected chi connectivity index (χ1v) is 10.1. The minimum absolute atomic E-state index is 0.183. The van der Waals surface area contributed by atoms with Crippen LogP contribution in [0.3, 0.4) is 0 Å². The molecule has 1 fully saturated rings. The number of piperidine rings is 1. The second-order valence-electron chi connectivity index (χ2n) is 7.20. The molecule has 1 spiro atoms. The van der Waals surface area contributed by atoms with E-state index in [0.717, 1.165) is 44.6 Å². The highest BCUT2D eigenvalue weighted by Crippen LogP contribution is 2.43. The van der Waals surface area contributed by atoms with Crippen molar-refractivity contribution in [3.63, 3.8) is 0 Å². The number of esters is 1. The summed E-state index contributed by atoms with van der Waals surface area (Å²) >= 11 is 1.52. The molecule has 1 atom stereocenters. The Bertz CT molecular complexity index is 792. The van der Waals surface area contributed by atoms with Gasteiger partial charge in [-0.05, 0) is 50.0 Å². The monoisotopic (exact) mass is 368 g/mol. The number of methoxy groups -OCH3 is 1. The number of hydrogen-bond acceptors (Lipinski definition) is 5. The quantitative estimate of drug-likeness (QED) is 0.752. The molecule has 1 unspecified atom stereocenters. The molecule has 4 nitrogen and oxygen atoms in total. The van der Waals surface area contributed by atoms with E-state index >= 15 is 0 Å². The average Bonchev–Trinajstić information content (AvgIpc) is 3.33. The fourth-order valence-electron chi connectivity index (χ4n) is 4.28. The topological polar surface area (TPSA) is 42.4 Å². The first kappa shape index (κ1) is 17.4. The molecule has 2 aromatic rings. The molecule has 0 amide bonds. The standard InChI is InChI=1S/C21H24N2O2S/c1-25-20(24)17(19-14-26-15-22-19)7-11-23-12-9-21(10-13-23)8-6-16-4-2-3-5-18(16)21/h2-6,8,14-15,17H,7,9-13H2,1H3. The molecule has 1 aliphatic carbocycles.